The van der Waals surface area contributed by atoms with Crippen molar-refractivity contribution in [1.82, 2.24) is 20.4 Å². The predicted molar refractivity (Wildman–Crippen MR) is 134 cm³/mol. The van der Waals surface area contributed by atoms with E-state index < -0.39 is 0 Å². The molecule has 0 aliphatic carbocycles. The number of hydrogen-bond donors (Lipinski definition) is 2. The summed E-state index contributed by atoms with van der Waals surface area (Å²) in [6, 6.07) is 11.1. The fourth-order valence-electron chi connectivity index (χ4n) is 3.64. The largest absolute Gasteiger partial charge is 0.356 e. The summed E-state index contributed by atoms with van der Waals surface area (Å²) in [5, 5.41) is 7.04. The first-order valence-electron chi connectivity index (χ1n) is 11.6. The Balaban J connectivity index is 1.77. The summed E-state index contributed by atoms with van der Waals surface area (Å²) in [7, 11) is 3.55. The average molecular weight is 448 g/mol. The average Bonchev–Trinajstić information content (AvgIpc) is 2.78. The van der Waals surface area contributed by atoms with Crippen LogP contribution in [0.3, 0.4) is 0 Å². The van der Waals surface area contributed by atoms with Crippen molar-refractivity contribution in [3.63, 3.8) is 0 Å². The zero-order valence-corrected chi connectivity index (χ0v) is 20.4. The van der Waals surface area contributed by atoms with Gasteiger partial charge in [-0.05, 0) is 43.3 Å². The topological polar surface area (TPSA) is 60.0 Å². The van der Waals surface area contributed by atoms with Crippen molar-refractivity contribution >= 4 is 23.6 Å². The molecule has 1 aliphatic heterocycles. The summed E-state index contributed by atoms with van der Waals surface area (Å²) >= 11 is 1.92. The molecule has 6 nitrogen and oxygen atoms in total. The van der Waals surface area contributed by atoms with Gasteiger partial charge in [-0.25, -0.2) is 4.99 Å². The van der Waals surface area contributed by atoms with Crippen molar-refractivity contribution in [2.45, 2.75) is 51.1 Å². The maximum Gasteiger partial charge on any atom is 0.243 e. The second-order valence-electron chi connectivity index (χ2n) is 8.47. The number of amides is 1. The van der Waals surface area contributed by atoms with Crippen LogP contribution in [0.15, 0.2) is 35.3 Å². The van der Waals surface area contributed by atoms with Gasteiger partial charge in [0.05, 0.1) is 0 Å². The van der Waals surface area contributed by atoms with E-state index in [4.69, 9.17) is 0 Å². The second-order valence-corrected chi connectivity index (χ2v) is 9.45. The Hall–Kier alpha value is -1.73. The van der Waals surface area contributed by atoms with Crippen molar-refractivity contribution in [1.29, 1.82) is 0 Å². The molecule has 1 saturated heterocycles. The number of thioether (sulfide) groups is 1. The fourth-order valence-corrected chi connectivity index (χ4v) is 4.14. The van der Waals surface area contributed by atoms with Gasteiger partial charge < -0.3 is 15.5 Å². The minimum Gasteiger partial charge on any atom is -0.356 e. The van der Waals surface area contributed by atoms with Gasteiger partial charge in [-0.2, -0.15) is 11.8 Å². The van der Waals surface area contributed by atoms with Gasteiger partial charge in [-0.1, -0.05) is 43.2 Å². The molecule has 174 valence electrons. The van der Waals surface area contributed by atoms with Crippen LogP contribution >= 0.6 is 11.8 Å². The maximum absolute atomic E-state index is 12.0. The van der Waals surface area contributed by atoms with E-state index in [0.717, 1.165) is 51.4 Å². The monoisotopic (exact) mass is 447 g/mol. The quantitative estimate of drug-likeness (QED) is 0.293. The number of rotatable bonds is 12. The van der Waals surface area contributed by atoms with Gasteiger partial charge in [0.25, 0.3) is 0 Å². The lowest BCUT2D eigenvalue weighted by Crippen LogP contribution is -2.49. The molecule has 1 heterocycles. The zero-order chi connectivity index (χ0) is 22.3. The lowest BCUT2D eigenvalue weighted by Gasteiger charge is -2.33. The summed E-state index contributed by atoms with van der Waals surface area (Å²) in [6.45, 7) is 4.25. The van der Waals surface area contributed by atoms with Crippen LogP contribution < -0.4 is 10.6 Å². The van der Waals surface area contributed by atoms with Crippen LogP contribution in [0.25, 0.3) is 0 Å². The molecule has 0 atom stereocenters. The lowest BCUT2D eigenvalue weighted by molar-refractivity contribution is -0.127. The number of likely N-dealkylation sites (N-methyl/N-ethyl adjacent to an activating group) is 1. The van der Waals surface area contributed by atoms with Gasteiger partial charge in [0.2, 0.25) is 5.91 Å². The second kappa shape index (κ2) is 15.1. The van der Waals surface area contributed by atoms with E-state index in [0.29, 0.717) is 6.04 Å². The van der Waals surface area contributed by atoms with Gasteiger partial charge in [0.1, 0.15) is 6.54 Å². The Morgan fingerprint density at radius 2 is 1.84 bits per heavy atom. The molecule has 31 heavy (non-hydrogen) atoms. The number of guanidine groups is 1. The SMILES string of the molecule is CSCCCCCCNC(=NCC(=O)N(C)C)NC1CCN(Cc2ccccc2)CC1. The van der Waals surface area contributed by atoms with Crippen molar-refractivity contribution in [2.75, 3.05) is 52.3 Å². The molecule has 0 aromatic heterocycles. The minimum atomic E-state index is 0.0239. The van der Waals surface area contributed by atoms with E-state index in [-0.39, 0.29) is 12.5 Å². The summed E-state index contributed by atoms with van der Waals surface area (Å²) < 4.78 is 0. The first-order chi connectivity index (χ1) is 15.1. The van der Waals surface area contributed by atoms with Crippen LogP contribution in [0, 0.1) is 0 Å². The Labute approximate surface area is 193 Å². The van der Waals surface area contributed by atoms with Crippen LogP contribution in [0.1, 0.15) is 44.1 Å². The van der Waals surface area contributed by atoms with Gasteiger partial charge in [0.15, 0.2) is 5.96 Å². The first-order valence-corrected chi connectivity index (χ1v) is 13.0. The molecular formula is C24H41N5OS. The van der Waals surface area contributed by atoms with Crippen LogP contribution in [0.5, 0.6) is 0 Å². The molecule has 0 unspecified atom stereocenters. The maximum atomic E-state index is 12.0. The van der Waals surface area contributed by atoms with Crippen molar-refractivity contribution in [3.8, 4) is 0 Å². The predicted octanol–water partition coefficient (Wildman–Crippen LogP) is 3.20. The number of carbonyl (C=O) groups excluding carboxylic acids is 1. The van der Waals surface area contributed by atoms with Gasteiger partial charge in [-0.3, -0.25) is 9.69 Å². The van der Waals surface area contributed by atoms with E-state index in [2.05, 4.69) is 57.1 Å². The molecule has 0 saturated carbocycles. The molecule has 1 amide bonds. The highest BCUT2D eigenvalue weighted by Crippen LogP contribution is 2.14. The van der Waals surface area contributed by atoms with Gasteiger partial charge >= 0.3 is 0 Å². The van der Waals surface area contributed by atoms with Crippen LogP contribution in [0.4, 0.5) is 0 Å². The highest BCUT2D eigenvalue weighted by atomic mass is 32.2. The molecule has 1 aliphatic rings. The van der Waals surface area contributed by atoms with Crippen LogP contribution in [-0.2, 0) is 11.3 Å². The highest BCUT2D eigenvalue weighted by Gasteiger charge is 2.20. The van der Waals surface area contributed by atoms with E-state index in [1.807, 2.05) is 11.8 Å². The summed E-state index contributed by atoms with van der Waals surface area (Å²) in [5.41, 5.74) is 1.37. The minimum absolute atomic E-state index is 0.0239. The number of carbonyl (C=O) groups is 1. The molecule has 0 radical (unpaired) electrons. The summed E-state index contributed by atoms with van der Waals surface area (Å²) in [4.78, 5) is 20.7. The van der Waals surface area contributed by atoms with Crippen LogP contribution in [-0.4, -0.2) is 80.0 Å². The number of nitrogens with one attached hydrogen (secondary N) is 2. The number of likely N-dealkylation sites (tertiary alicyclic amines) is 1. The Kier molecular flexibility index (Phi) is 12.5. The number of aliphatic imine (C=N–C) groups is 1. The number of nitrogens with zero attached hydrogens (tertiary/aromatic N) is 3. The van der Waals surface area contributed by atoms with Crippen molar-refractivity contribution in [3.05, 3.63) is 35.9 Å². The number of benzene rings is 1. The Morgan fingerprint density at radius 1 is 1.13 bits per heavy atom. The fraction of sp³-hybridized carbons (Fsp3) is 0.667. The first kappa shape index (κ1) is 25.5. The Bertz CT molecular complexity index is 645. The lowest BCUT2D eigenvalue weighted by atomic mass is 10.0. The molecule has 1 aromatic carbocycles. The van der Waals surface area contributed by atoms with E-state index in [1.54, 1.807) is 19.0 Å². The van der Waals surface area contributed by atoms with Gasteiger partial charge in [0, 0.05) is 46.3 Å². The third-order valence-electron chi connectivity index (χ3n) is 5.62. The number of unbranched alkanes of at least 4 members (excludes halogenated alkanes) is 3. The smallest absolute Gasteiger partial charge is 0.243 e. The van der Waals surface area contributed by atoms with E-state index in [9.17, 15) is 4.79 Å². The van der Waals surface area contributed by atoms with E-state index >= 15 is 0 Å². The zero-order valence-electron chi connectivity index (χ0n) is 19.6. The normalized spacial score (nSPS) is 15.6. The van der Waals surface area contributed by atoms with Crippen molar-refractivity contribution in [2.24, 2.45) is 4.99 Å². The molecule has 7 heteroatoms. The molecule has 2 rings (SSSR count). The molecule has 0 spiro atoms. The highest BCUT2D eigenvalue weighted by molar-refractivity contribution is 7.98. The standard InChI is InChI=1S/C24H41N5OS/c1-28(2)23(30)19-26-24(25-15-9-4-5-10-18-31-3)27-22-13-16-29(17-14-22)20-21-11-7-6-8-12-21/h6-8,11-12,22H,4-5,9-10,13-20H2,1-3H3,(H2,25,26,27). The van der Waals surface area contributed by atoms with Crippen LogP contribution in [0.2, 0.25) is 0 Å². The summed E-state index contributed by atoms with van der Waals surface area (Å²) in [5.74, 6) is 2.05. The summed E-state index contributed by atoms with van der Waals surface area (Å²) in [6.07, 6.45) is 9.27. The third kappa shape index (κ3) is 10.9. The molecule has 0 bridgehead atoms. The third-order valence-corrected chi connectivity index (χ3v) is 6.31. The Morgan fingerprint density at radius 3 is 2.52 bits per heavy atom. The molecule has 2 N–H and O–H groups in total. The molecule has 1 aromatic rings. The van der Waals surface area contributed by atoms with Gasteiger partial charge in [-0.15, -0.1) is 0 Å². The number of hydrogen-bond acceptors (Lipinski definition) is 4. The molecule has 1 fully saturated rings. The molecular weight excluding hydrogens is 406 g/mol. The number of piperidine rings is 1. The van der Waals surface area contributed by atoms with E-state index in [1.165, 1.54) is 30.6 Å². The van der Waals surface area contributed by atoms with Crippen molar-refractivity contribution < 1.29 is 4.79 Å².